The third-order valence-electron chi connectivity index (χ3n) is 2.87. The molecule has 0 fully saturated rings. The fraction of sp³-hybridized carbons (Fsp3) is 0.385. The van der Waals surface area contributed by atoms with Gasteiger partial charge in [-0.3, -0.25) is 4.79 Å². The second kappa shape index (κ2) is 5.47. The molecule has 2 aromatic heterocycles. The number of hydrogen-bond acceptors (Lipinski definition) is 5. The summed E-state index contributed by atoms with van der Waals surface area (Å²) in [5.41, 5.74) is 2.24. The van der Waals surface area contributed by atoms with Crippen LogP contribution in [0.4, 0.5) is 0 Å². The Kier molecular flexibility index (Phi) is 3.91. The van der Waals surface area contributed by atoms with E-state index in [0.29, 0.717) is 28.5 Å². The van der Waals surface area contributed by atoms with E-state index < -0.39 is 0 Å². The van der Waals surface area contributed by atoms with E-state index in [9.17, 15) is 4.79 Å². The maximum atomic E-state index is 10.9. The third-order valence-corrected chi connectivity index (χ3v) is 3.26. The fourth-order valence-electron chi connectivity index (χ4n) is 2.02. The summed E-state index contributed by atoms with van der Waals surface area (Å²) in [6.45, 7) is 4.94. The van der Waals surface area contributed by atoms with E-state index in [0.717, 1.165) is 5.56 Å². The molecule has 2 aromatic rings. The molecule has 0 bridgehead atoms. The van der Waals surface area contributed by atoms with Crippen LogP contribution in [0.25, 0.3) is 5.65 Å². The number of nitriles is 1. The van der Waals surface area contributed by atoms with Gasteiger partial charge < -0.3 is 4.74 Å². The summed E-state index contributed by atoms with van der Waals surface area (Å²) in [5, 5.41) is 13.4. The average molecular weight is 293 g/mol. The van der Waals surface area contributed by atoms with Crippen molar-refractivity contribution >= 4 is 23.2 Å². The maximum Gasteiger partial charge on any atom is 0.302 e. The van der Waals surface area contributed by atoms with Crippen molar-refractivity contribution < 1.29 is 9.53 Å². The Hall–Kier alpha value is -2.13. The van der Waals surface area contributed by atoms with Gasteiger partial charge in [0.05, 0.1) is 6.20 Å². The van der Waals surface area contributed by atoms with Crippen LogP contribution in [0.5, 0.6) is 0 Å². The van der Waals surface area contributed by atoms with Gasteiger partial charge in [-0.2, -0.15) is 10.4 Å². The lowest BCUT2D eigenvalue weighted by molar-refractivity contribution is -0.145. The van der Waals surface area contributed by atoms with Crippen LogP contribution >= 0.6 is 11.6 Å². The first-order valence-electron chi connectivity index (χ1n) is 6.04. The van der Waals surface area contributed by atoms with Gasteiger partial charge in [0.25, 0.3) is 0 Å². The number of rotatable bonds is 3. The van der Waals surface area contributed by atoms with Crippen molar-refractivity contribution in [2.45, 2.75) is 33.3 Å². The van der Waals surface area contributed by atoms with E-state index in [1.165, 1.54) is 17.6 Å². The molecule has 2 rings (SSSR count). The molecule has 0 aliphatic heterocycles. The van der Waals surface area contributed by atoms with Crippen LogP contribution in [0.1, 0.15) is 30.7 Å². The molecule has 0 amide bonds. The summed E-state index contributed by atoms with van der Waals surface area (Å²) in [7, 11) is 0. The molecule has 104 valence electrons. The third kappa shape index (κ3) is 2.58. The van der Waals surface area contributed by atoms with E-state index in [2.05, 4.69) is 10.1 Å². The minimum absolute atomic E-state index is 0.311. The van der Waals surface area contributed by atoms with E-state index in [1.54, 1.807) is 13.8 Å². The molecule has 1 atom stereocenters. The Balaban J connectivity index is 2.45. The van der Waals surface area contributed by atoms with Crippen LogP contribution < -0.4 is 0 Å². The van der Waals surface area contributed by atoms with Gasteiger partial charge in [-0.1, -0.05) is 11.6 Å². The molecule has 0 aliphatic rings. The first-order valence-corrected chi connectivity index (χ1v) is 6.41. The van der Waals surface area contributed by atoms with Crippen LogP contribution in [-0.4, -0.2) is 26.7 Å². The van der Waals surface area contributed by atoms with E-state index in [1.807, 2.05) is 6.07 Å². The topological polar surface area (TPSA) is 80.3 Å². The lowest BCUT2D eigenvalue weighted by Crippen LogP contribution is -2.17. The molecule has 0 saturated heterocycles. The van der Waals surface area contributed by atoms with Gasteiger partial charge in [0, 0.05) is 24.6 Å². The molecule has 2 heterocycles. The molecular weight excluding hydrogens is 280 g/mol. The first-order chi connectivity index (χ1) is 9.43. The van der Waals surface area contributed by atoms with Crippen LogP contribution in [0.2, 0.25) is 5.15 Å². The Morgan fingerprint density at radius 1 is 1.65 bits per heavy atom. The number of halogens is 1. The number of nitrogens with zero attached hydrogens (tertiary/aromatic N) is 4. The minimum Gasteiger partial charge on any atom is -0.463 e. The normalized spacial score (nSPS) is 12.2. The monoisotopic (exact) mass is 292 g/mol. The molecule has 20 heavy (non-hydrogen) atoms. The number of ether oxygens (including phenoxy) is 1. The summed E-state index contributed by atoms with van der Waals surface area (Å²) in [6, 6.07) is 2.02. The number of aryl methyl sites for hydroxylation is 1. The number of carbonyl (C=O) groups excluding carboxylic acids is 1. The first kappa shape index (κ1) is 14.3. The lowest BCUT2D eigenvalue weighted by atomic mass is 10.1. The van der Waals surface area contributed by atoms with Crippen LogP contribution in [-0.2, 0) is 16.0 Å². The van der Waals surface area contributed by atoms with Crippen molar-refractivity contribution in [3.05, 3.63) is 28.2 Å². The van der Waals surface area contributed by atoms with Gasteiger partial charge in [-0.25, -0.2) is 9.50 Å². The van der Waals surface area contributed by atoms with Crippen LogP contribution in [0.3, 0.4) is 0 Å². The largest absolute Gasteiger partial charge is 0.463 e. The van der Waals surface area contributed by atoms with Gasteiger partial charge >= 0.3 is 5.97 Å². The highest BCUT2D eigenvalue weighted by Crippen LogP contribution is 2.23. The van der Waals surface area contributed by atoms with Gasteiger partial charge in [0.1, 0.15) is 22.9 Å². The van der Waals surface area contributed by atoms with E-state index >= 15 is 0 Å². The summed E-state index contributed by atoms with van der Waals surface area (Å²) in [4.78, 5) is 15.3. The van der Waals surface area contributed by atoms with Crippen molar-refractivity contribution in [2.75, 3.05) is 0 Å². The zero-order valence-electron chi connectivity index (χ0n) is 11.3. The van der Waals surface area contributed by atoms with Gasteiger partial charge in [-0.05, 0) is 13.8 Å². The highest BCUT2D eigenvalue weighted by atomic mass is 35.5. The number of fused-ring (bicyclic) bond motifs is 1. The lowest BCUT2D eigenvalue weighted by Gasteiger charge is -2.15. The van der Waals surface area contributed by atoms with Crippen LogP contribution in [0.15, 0.2) is 6.20 Å². The standard InChI is InChI=1S/C13H13ClN4O2/c1-7(20-9(3)19)4-11-8(2)17-13-10(5-15)6-16-18(13)12(11)14/h6-7H,4H2,1-3H3/t7-/m1/s1. The Bertz CT molecular complexity index is 717. The van der Waals surface area contributed by atoms with Gasteiger partial charge in [0.2, 0.25) is 0 Å². The maximum absolute atomic E-state index is 10.9. The number of carbonyl (C=O) groups is 1. The highest BCUT2D eigenvalue weighted by molar-refractivity contribution is 6.30. The highest BCUT2D eigenvalue weighted by Gasteiger charge is 2.18. The molecule has 0 radical (unpaired) electrons. The molecule has 0 spiro atoms. The molecule has 0 N–H and O–H groups in total. The predicted molar refractivity (Wildman–Crippen MR) is 72.4 cm³/mol. The summed E-state index contributed by atoms with van der Waals surface area (Å²) >= 11 is 6.31. The molecule has 0 unspecified atom stereocenters. The smallest absolute Gasteiger partial charge is 0.302 e. The Morgan fingerprint density at radius 2 is 2.35 bits per heavy atom. The minimum atomic E-state index is -0.342. The van der Waals surface area contributed by atoms with Gasteiger partial charge in [-0.15, -0.1) is 0 Å². The van der Waals surface area contributed by atoms with Crippen molar-refractivity contribution in [3.63, 3.8) is 0 Å². The summed E-state index contributed by atoms with van der Waals surface area (Å²) < 4.78 is 6.51. The number of hydrogen-bond donors (Lipinski definition) is 0. The molecule has 0 saturated carbocycles. The summed E-state index contributed by atoms with van der Waals surface area (Å²) in [6.07, 6.45) is 1.55. The van der Waals surface area contributed by atoms with Crippen molar-refractivity contribution in [3.8, 4) is 6.07 Å². The van der Waals surface area contributed by atoms with Crippen LogP contribution in [0, 0.1) is 18.3 Å². The average Bonchev–Trinajstić information content (AvgIpc) is 2.76. The molecule has 7 heteroatoms. The molecule has 6 nitrogen and oxygen atoms in total. The second-order valence-corrected chi connectivity index (χ2v) is 4.85. The second-order valence-electron chi connectivity index (χ2n) is 4.50. The van der Waals surface area contributed by atoms with E-state index in [4.69, 9.17) is 21.6 Å². The molecule has 0 aromatic carbocycles. The SMILES string of the molecule is CC(=O)O[C@H](C)Cc1c(C)nc2c(C#N)cnn2c1Cl. The number of aromatic nitrogens is 3. The van der Waals surface area contributed by atoms with E-state index in [-0.39, 0.29) is 12.1 Å². The van der Waals surface area contributed by atoms with Crippen molar-refractivity contribution in [2.24, 2.45) is 0 Å². The molecule has 0 aliphatic carbocycles. The van der Waals surface area contributed by atoms with Gasteiger partial charge in [0.15, 0.2) is 5.65 Å². The zero-order valence-corrected chi connectivity index (χ0v) is 12.1. The Morgan fingerprint density at radius 3 is 2.95 bits per heavy atom. The number of esters is 1. The molecular formula is C13H13ClN4O2. The zero-order chi connectivity index (χ0) is 14.9. The summed E-state index contributed by atoms with van der Waals surface area (Å²) in [5.74, 6) is -0.342. The Labute approximate surface area is 120 Å². The van der Waals surface area contributed by atoms with Crippen molar-refractivity contribution in [1.82, 2.24) is 14.6 Å². The van der Waals surface area contributed by atoms with Crippen molar-refractivity contribution in [1.29, 1.82) is 5.26 Å². The fourth-order valence-corrected chi connectivity index (χ4v) is 2.36. The predicted octanol–water partition coefficient (Wildman–Crippen LogP) is 2.06. The quantitative estimate of drug-likeness (QED) is 0.639.